The second-order valence-corrected chi connectivity index (χ2v) is 12.9. The van der Waals surface area contributed by atoms with Crippen molar-refractivity contribution in [3.05, 3.63) is 25.3 Å². The molecule has 0 aromatic carbocycles. The normalized spacial score (nSPS) is 32.9. The van der Waals surface area contributed by atoms with Gasteiger partial charge in [0.1, 0.15) is 6.04 Å². The standard InChI is InChI=1S/C29H45N3O4S/c1-5-14-30(15-6-2)26(34)23-22-19-20(4)29(37-22)24(23)27(35)32(17-11-18-33)25(29)28(36)31(16-7-3)21-12-9-8-10-13-21/h5,7,20-25,33H,1,3,6,8-19H2,2,4H3/t20?,22-,23+,24-,25?,29?/m0/s1. The molecule has 3 aliphatic heterocycles. The highest BCUT2D eigenvalue weighted by Gasteiger charge is 2.76. The largest absolute Gasteiger partial charge is 0.396 e. The summed E-state index contributed by atoms with van der Waals surface area (Å²) in [5.74, 6) is -0.833. The van der Waals surface area contributed by atoms with Crippen molar-refractivity contribution in [1.82, 2.24) is 14.7 Å². The summed E-state index contributed by atoms with van der Waals surface area (Å²) in [6, 6.07) is -0.450. The zero-order chi connectivity index (χ0) is 26.7. The van der Waals surface area contributed by atoms with Gasteiger partial charge in [0, 0.05) is 44.1 Å². The van der Waals surface area contributed by atoms with Gasteiger partial charge in [-0.3, -0.25) is 14.4 Å². The van der Waals surface area contributed by atoms with Gasteiger partial charge in [-0.25, -0.2) is 0 Å². The highest BCUT2D eigenvalue weighted by Crippen LogP contribution is 2.69. The predicted octanol–water partition coefficient (Wildman–Crippen LogP) is 3.48. The molecular formula is C29H45N3O4S. The Hall–Kier alpha value is -1.80. The van der Waals surface area contributed by atoms with Crippen LogP contribution < -0.4 is 0 Å². The minimum Gasteiger partial charge on any atom is -0.396 e. The fourth-order valence-electron chi connectivity index (χ4n) is 7.60. The second kappa shape index (κ2) is 11.9. The van der Waals surface area contributed by atoms with E-state index in [1.807, 2.05) is 16.7 Å². The molecule has 1 aliphatic carbocycles. The maximum Gasteiger partial charge on any atom is 0.247 e. The minimum absolute atomic E-state index is 0.00481. The minimum atomic E-state index is -0.616. The van der Waals surface area contributed by atoms with Crippen molar-refractivity contribution in [2.75, 3.05) is 32.8 Å². The van der Waals surface area contributed by atoms with Gasteiger partial charge in [-0.05, 0) is 38.0 Å². The molecule has 1 N–H and O–H groups in total. The molecule has 1 spiro atoms. The molecule has 4 rings (SSSR count). The molecule has 1 saturated carbocycles. The molecule has 2 bridgehead atoms. The molecule has 3 amide bonds. The smallest absolute Gasteiger partial charge is 0.247 e. The molecule has 0 aromatic heterocycles. The van der Waals surface area contributed by atoms with E-state index in [0.717, 1.165) is 38.5 Å². The van der Waals surface area contributed by atoms with Crippen molar-refractivity contribution in [2.45, 2.75) is 87.3 Å². The number of nitrogens with zero attached hydrogens (tertiary/aromatic N) is 3. The van der Waals surface area contributed by atoms with Gasteiger partial charge < -0.3 is 19.8 Å². The van der Waals surface area contributed by atoms with Gasteiger partial charge >= 0.3 is 0 Å². The average molecular weight is 532 g/mol. The molecule has 37 heavy (non-hydrogen) atoms. The molecule has 4 fully saturated rings. The summed E-state index contributed by atoms with van der Waals surface area (Å²) in [6.07, 6.45) is 11.0. The zero-order valence-corrected chi connectivity index (χ0v) is 23.5. The van der Waals surface area contributed by atoms with Crippen LogP contribution in [0.25, 0.3) is 0 Å². The summed E-state index contributed by atoms with van der Waals surface area (Å²) in [4.78, 5) is 48.2. The summed E-state index contributed by atoms with van der Waals surface area (Å²) in [5, 5.41) is 9.67. The molecule has 3 saturated heterocycles. The van der Waals surface area contributed by atoms with E-state index in [0.29, 0.717) is 32.6 Å². The number of amides is 3. The molecule has 0 radical (unpaired) electrons. The number of likely N-dealkylation sites (tertiary alicyclic amines) is 1. The van der Waals surface area contributed by atoms with E-state index in [4.69, 9.17) is 0 Å². The third kappa shape index (κ3) is 4.77. The number of carbonyl (C=O) groups excluding carboxylic acids is 3. The van der Waals surface area contributed by atoms with Crippen molar-refractivity contribution in [1.29, 1.82) is 0 Å². The lowest BCUT2D eigenvalue weighted by atomic mass is 9.65. The van der Waals surface area contributed by atoms with Gasteiger partial charge in [0.05, 0.1) is 16.6 Å². The number of hydrogen-bond acceptors (Lipinski definition) is 5. The van der Waals surface area contributed by atoms with Crippen LogP contribution in [0.15, 0.2) is 25.3 Å². The van der Waals surface area contributed by atoms with E-state index >= 15 is 0 Å². The molecule has 3 unspecified atom stereocenters. The number of rotatable bonds is 12. The predicted molar refractivity (Wildman–Crippen MR) is 148 cm³/mol. The lowest BCUT2D eigenvalue weighted by Crippen LogP contribution is -2.59. The lowest BCUT2D eigenvalue weighted by Gasteiger charge is -2.43. The van der Waals surface area contributed by atoms with Crippen molar-refractivity contribution < 1.29 is 19.5 Å². The van der Waals surface area contributed by atoms with Crippen molar-refractivity contribution in [3.8, 4) is 0 Å². The van der Waals surface area contributed by atoms with E-state index in [1.165, 1.54) is 6.42 Å². The lowest BCUT2D eigenvalue weighted by molar-refractivity contribution is -0.145. The summed E-state index contributed by atoms with van der Waals surface area (Å²) in [7, 11) is 0. The van der Waals surface area contributed by atoms with Gasteiger partial charge in [0.25, 0.3) is 0 Å². The average Bonchev–Trinajstić information content (AvgIpc) is 3.49. The molecule has 7 nitrogen and oxygen atoms in total. The summed E-state index contributed by atoms with van der Waals surface area (Å²) < 4.78 is -0.616. The van der Waals surface area contributed by atoms with Crippen molar-refractivity contribution >= 4 is 29.5 Å². The Morgan fingerprint density at radius 3 is 2.49 bits per heavy atom. The summed E-state index contributed by atoms with van der Waals surface area (Å²) >= 11 is 1.74. The number of aliphatic hydroxyl groups is 1. The van der Waals surface area contributed by atoms with Crippen LogP contribution in [-0.2, 0) is 14.4 Å². The third-order valence-corrected chi connectivity index (χ3v) is 11.2. The van der Waals surface area contributed by atoms with Gasteiger partial charge in [0.15, 0.2) is 0 Å². The Morgan fingerprint density at radius 2 is 1.86 bits per heavy atom. The maximum absolute atomic E-state index is 14.5. The fraction of sp³-hybridized carbons (Fsp3) is 0.759. The fourth-order valence-corrected chi connectivity index (χ4v) is 10.0. The first-order valence-electron chi connectivity index (χ1n) is 14.3. The van der Waals surface area contributed by atoms with Crippen LogP contribution in [0.1, 0.15) is 65.2 Å². The van der Waals surface area contributed by atoms with Crippen LogP contribution in [0.3, 0.4) is 0 Å². The topological polar surface area (TPSA) is 81.2 Å². The zero-order valence-electron chi connectivity index (χ0n) is 22.6. The Balaban J connectivity index is 1.74. The SMILES string of the molecule is C=CCN(CCC)C(=O)[C@@H]1[C@@H]2CC(C)C3(S2)C(C(=O)N(CC=C)C2CCCCC2)N(CCCO)C(=O)[C@H]13. The van der Waals surface area contributed by atoms with E-state index in [1.54, 1.807) is 28.8 Å². The summed E-state index contributed by atoms with van der Waals surface area (Å²) in [6.45, 7) is 13.8. The van der Waals surface area contributed by atoms with Crippen LogP contribution in [0.5, 0.6) is 0 Å². The van der Waals surface area contributed by atoms with E-state index in [2.05, 4.69) is 20.1 Å². The van der Waals surface area contributed by atoms with Crippen LogP contribution in [-0.4, -0.2) is 92.4 Å². The Labute approximate surface area is 226 Å². The maximum atomic E-state index is 14.5. The van der Waals surface area contributed by atoms with Gasteiger partial charge in [-0.2, -0.15) is 0 Å². The monoisotopic (exact) mass is 531 g/mol. The first-order chi connectivity index (χ1) is 17.9. The Morgan fingerprint density at radius 1 is 1.16 bits per heavy atom. The highest BCUT2D eigenvalue weighted by atomic mass is 32.2. The Kier molecular flexibility index (Phi) is 9.10. The van der Waals surface area contributed by atoms with E-state index in [-0.39, 0.29) is 41.5 Å². The van der Waals surface area contributed by atoms with Crippen LogP contribution >= 0.6 is 11.8 Å². The number of aliphatic hydroxyl groups excluding tert-OH is 1. The molecule has 6 atom stereocenters. The van der Waals surface area contributed by atoms with Crippen LogP contribution in [0.2, 0.25) is 0 Å². The van der Waals surface area contributed by atoms with Gasteiger partial charge in [-0.1, -0.05) is 45.3 Å². The second-order valence-electron chi connectivity index (χ2n) is 11.3. The Bertz CT molecular complexity index is 890. The number of fused-ring (bicyclic) bond motifs is 1. The number of hydrogen-bond donors (Lipinski definition) is 1. The highest BCUT2D eigenvalue weighted by molar-refractivity contribution is 8.02. The van der Waals surface area contributed by atoms with Crippen molar-refractivity contribution in [2.24, 2.45) is 17.8 Å². The molecule has 4 aliphatic rings. The molecule has 206 valence electrons. The summed E-state index contributed by atoms with van der Waals surface area (Å²) in [5.41, 5.74) is 0. The quantitative estimate of drug-likeness (QED) is 0.390. The first-order valence-corrected chi connectivity index (χ1v) is 15.1. The third-order valence-electron chi connectivity index (χ3n) is 9.10. The van der Waals surface area contributed by atoms with E-state index in [9.17, 15) is 19.5 Å². The molecule has 8 heteroatoms. The van der Waals surface area contributed by atoms with E-state index < -0.39 is 22.6 Å². The molecular weight excluding hydrogens is 486 g/mol. The van der Waals surface area contributed by atoms with Crippen molar-refractivity contribution in [3.63, 3.8) is 0 Å². The molecule has 3 heterocycles. The first kappa shape index (κ1) is 28.2. The van der Waals surface area contributed by atoms with Gasteiger partial charge in [-0.15, -0.1) is 24.9 Å². The number of thioether (sulfide) groups is 1. The van der Waals surface area contributed by atoms with Crippen LogP contribution in [0.4, 0.5) is 0 Å². The number of carbonyl (C=O) groups is 3. The van der Waals surface area contributed by atoms with Crippen LogP contribution in [0, 0.1) is 17.8 Å². The molecule has 0 aromatic rings. The van der Waals surface area contributed by atoms with Gasteiger partial charge in [0.2, 0.25) is 17.7 Å².